The number of rotatable bonds is 3. The molecule has 1 aromatic carbocycles. The number of para-hydroxylation sites is 1. The summed E-state index contributed by atoms with van der Waals surface area (Å²) in [5.74, 6) is 1.70. The van der Waals surface area contributed by atoms with Crippen LogP contribution in [0.25, 0.3) is 11.0 Å². The van der Waals surface area contributed by atoms with Gasteiger partial charge >= 0.3 is 0 Å². The number of aromatic nitrogens is 4. The van der Waals surface area contributed by atoms with Crippen LogP contribution in [0.1, 0.15) is 23.7 Å². The van der Waals surface area contributed by atoms with E-state index in [0.717, 1.165) is 22.5 Å². The van der Waals surface area contributed by atoms with E-state index >= 15 is 0 Å². The van der Waals surface area contributed by atoms with Gasteiger partial charge in [-0.1, -0.05) is 18.2 Å². The third kappa shape index (κ3) is 2.61. The smallest absolute Gasteiger partial charge is 0.227 e. The summed E-state index contributed by atoms with van der Waals surface area (Å²) in [5, 5.41) is 8.57. The lowest BCUT2D eigenvalue weighted by Gasteiger charge is -2.31. The van der Waals surface area contributed by atoms with Crippen molar-refractivity contribution >= 4 is 28.4 Å². The van der Waals surface area contributed by atoms with Crippen molar-refractivity contribution in [3.63, 3.8) is 0 Å². The van der Waals surface area contributed by atoms with Crippen LogP contribution in [-0.4, -0.2) is 39.2 Å². The standard InChI is InChI=1S/C18H20N6O/c1-11-21-17(14-10-20-24(3)18(14)22-11)19-9-12-8-16(25)23(2)15-7-5-4-6-13(12)15/h4-7,10,12H,8-9H2,1-3H3,(H,19,21,22)/t12-/m0/s1. The van der Waals surface area contributed by atoms with Crippen LogP contribution in [0.3, 0.4) is 0 Å². The van der Waals surface area contributed by atoms with Crippen molar-refractivity contribution < 1.29 is 4.79 Å². The first-order valence-electron chi connectivity index (χ1n) is 8.30. The van der Waals surface area contributed by atoms with E-state index < -0.39 is 0 Å². The fraction of sp³-hybridized carbons (Fsp3) is 0.333. The minimum atomic E-state index is 0.113. The molecule has 25 heavy (non-hydrogen) atoms. The summed E-state index contributed by atoms with van der Waals surface area (Å²) in [5.41, 5.74) is 2.97. The molecule has 128 valence electrons. The number of carbonyl (C=O) groups excluding carboxylic acids is 1. The van der Waals surface area contributed by atoms with Gasteiger partial charge in [-0.05, 0) is 18.6 Å². The van der Waals surface area contributed by atoms with Gasteiger partial charge in [-0.15, -0.1) is 0 Å². The quantitative estimate of drug-likeness (QED) is 0.794. The highest BCUT2D eigenvalue weighted by atomic mass is 16.2. The monoisotopic (exact) mass is 336 g/mol. The molecule has 3 heterocycles. The number of nitrogens with zero attached hydrogens (tertiary/aromatic N) is 5. The summed E-state index contributed by atoms with van der Waals surface area (Å²) in [6.45, 7) is 2.50. The normalized spacial score (nSPS) is 17.0. The molecule has 0 radical (unpaired) electrons. The molecule has 0 bridgehead atoms. The van der Waals surface area contributed by atoms with Gasteiger partial charge in [0.15, 0.2) is 5.65 Å². The Morgan fingerprint density at radius 3 is 2.88 bits per heavy atom. The van der Waals surface area contributed by atoms with Gasteiger partial charge in [-0.25, -0.2) is 9.97 Å². The average Bonchev–Trinajstić information content (AvgIpc) is 2.98. The molecule has 1 aliphatic heterocycles. The Bertz CT molecular complexity index is 963. The van der Waals surface area contributed by atoms with Crippen molar-refractivity contribution in [2.45, 2.75) is 19.3 Å². The van der Waals surface area contributed by atoms with Crippen LogP contribution < -0.4 is 10.2 Å². The van der Waals surface area contributed by atoms with Gasteiger partial charge in [0.25, 0.3) is 0 Å². The number of carbonyl (C=O) groups is 1. The zero-order valence-electron chi connectivity index (χ0n) is 14.5. The van der Waals surface area contributed by atoms with Crippen LogP contribution in [0.5, 0.6) is 0 Å². The fourth-order valence-corrected chi connectivity index (χ4v) is 3.40. The van der Waals surface area contributed by atoms with Crippen LogP contribution in [-0.2, 0) is 11.8 Å². The number of benzene rings is 1. The van der Waals surface area contributed by atoms with Crippen LogP contribution in [0, 0.1) is 6.92 Å². The summed E-state index contributed by atoms with van der Waals surface area (Å²) < 4.78 is 1.74. The number of aryl methyl sites for hydroxylation is 2. The predicted molar refractivity (Wildman–Crippen MR) is 96.7 cm³/mol. The topological polar surface area (TPSA) is 75.9 Å². The van der Waals surface area contributed by atoms with Crippen LogP contribution in [0.4, 0.5) is 11.5 Å². The minimum absolute atomic E-state index is 0.113. The number of amides is 1. The molecule has 0 saturated carbocycles. The molecule has 0 unspecified atom stereocenters. The van der Waals surface area contributed by atoms with E-state index in [9.17, 15) is 4.79 Å². The molecule has 7 nitrogen and oxygen atoms in total. The first kappa shape index (κ1) is 15.6. The largest absolute Gasteiger partial charge is 0.369 e. The van der Waals surface area contributed by atoms with E-state index in [-0.39, 0.29) is 11.8 Å². The van der Waals surface area contributed by atoms with Gasteiger partial charge in [0, 0.05) is 38.7 Å². The van der Waals surface area contributed by atoms with Crippen molar-refractivity contribution in [3.8, 4) is 0 Å². The first-order valence-corrected chi connectivity index (χ1v) is 8.30. The van der Waals surface area contributed by atoms with Crippen molar-refractivity contribution in [2.75, 3.05) is 23.8 Å². The molecule has 4 rings (SSSR count). The lowest BCUT2D eigenvalue weighted by atomic mass is 9.89. The molecule has 0 spiro atoms. The second-order valence-electron chi connectivity index (χ2n) is 6.42. The second-order valence-corrected chi connectivity index (χ2v) is 6.42. The van der Waals surface area contributed by atoms with Gasteiger partial charge in [-0.2, -0.15) is 5.10 Å². The Kier molecular flexibility index (Phi) is 3.63. The van der Waals surface area contributed by atoms with Crippen LogP contribution >= 0.6 is 0 Å². The Hall–Kier alpha value is -2.96. The molecule has 1 aliphatic rings. The van der Waals surface area contributed by atoms with Crippen molar-refractivity contribution in [3.05, 3.63) is 41.9 Å². The van der Waals surface area contributed by atoms with Crippen LogP contribution in [0.15, 0.2) is 30.5 Å². The Morgan fingerprint density at radius 1 is 1.24 bits per heavy atom. The molecular weight excluding hydrogens is 316 g/mol. The molecule has 0 aliphatic carbocycles. The van der Waals surface area contributed by atoms with E-state index in [1.807, 2.05) is 39.2 Å². The second kappa shape index (κ2) is 5.84. The Labute approximate surface area is 145 Å². The van der Waals surface area contributed by atoms with E-state index in [0.29, 0.717) is 18.8 Å². The highest BCUT2D eigenvalue weighted by Gasteiger charge is 2.28. The number of nitrogens with one attached hydrogen (secondary N) is 1. The predicted octanol–water partition coefficient (Wildman–Crippen LogP) is 2.23. The van der Waals surface area contributed by atoms with Crippen LogP contribution in [0.2, 0.25) is 0 Å². The van der Waals surface area contributed by atoms with E-state index in [1.165, 1.54) is 5.56 Å². The Balaban J connectivity index is 1.64. The van der Waals surface area contributed by atoms with Gasteiger partial charge in [-0.3, -0.25) is 9.48 Å². The SMILES string of the molecule is Cc1nc(NC[C@@H]2CC(=O)N(C)c3ccccc32)c2cnn(C)c2n1. The third-order valence-electron chi connectivity index (χ3n) is 4.75. The summed E-state index contributed by atoms with van der Waals surface area (Å²) in [7, 11) is 3.70. The number of hydrogen-bond donors (Lipinski definition) is 1. The van der Waals surface area contributed by atoms with Gasteiger partial charge in [0.1, 0.15) is 11.6 Å². The molecule has 1 N–H and O–H groups in total. The zero-order valence-corrected chi connectivity index (χ0v) is 14.5. The lowest BCUT2D eigenvalue weighted by Crippen LogP contribution is -2.35. The molecule has 7 heteroatoms. The summed E-state index contributed by atoms with van der Waals surface area (Å²) in [4.78, 5) is 23.0. The minimum Gasteiger partial charge on any atom is -0.369 e. The summed E-state index contributed by atoms with van der Waals surface area (Å²) in [6, 6.07) is 8.07. The summed E-state index contributed by atoms with van der Waals surface area (Å²) in [6.07, 6.45) is 2.26. The highest BCUT2D eigenvalue weighted by Crippen LogP contribution is 2.35. The molecular formula is C18H20N6O. The molecule has 0 saturated heterocycles. The van der Waals surface area contributed by atoms with E-state index in [2.05, 4.69) is 26.4 Å². The zero-order chi connectivity index (χ0) is 17.6. The molecule has 1 atom stereocenters. The molecule has 3 aromatic rings. The average molecular weight is 336 g/mol. The number of hydrogen-bond acceptors (Lipinski definition) is 5. The van der Waals surface area contributed by atoms with Crippen molar-refractivity contribution in [2.24, 2.45) is 7.05 Å². The lowest BCUT2D eigenvalue weighted by molar-refractivity contribution is -0.119. The maximum atomic E-state index is 12.3. The third-order valence-corrected chi connectivity index (χ3v) is 4.75. The maximum absolute atomic E-state index is 12.3. The summed E-state index contributed by atoms with van der Waals surface area (Å²) >= 11 is 0. The number of fused-ring (bicyclic) bond motifs is 2. The van der Waals surface area contributed by atoms with E-state index in [1.54, 1.807) is 15.8 Å². The van der Waals surface area contributed by atoms with Crippen molar-refractivity contribution in [1.82, 2.24) is 19.7 Å². The fourth-order valence-electron chi connectivity index (χ4n) is 3.40. The number of anilines is 2. The maximum Gasteiger partial charge on any atom is 0.227 e. The van der Waals surface area contributed by atoms with Gasteiger partial charge in [0.2, 0.25) is 5.91 Å². The molecule has 1 amide bonds. The van der Waals surface area contributed by atoms with E-state index in [4.69, 9.17) is 0 Å². The highest BCUT2D eigenvalue weighted by molar-refractivity contribution is 5.96. The van der Waals surface area contributed by atoms with Gasteiger partial charge < -0.3 is 10.2 Å². The first-order chi connectivity index (χ1) is 12.0. The molecule has 0 fully saturated rings. The van der Waals surface area contributed by atoms with Crippen molar-refractivity contribution in [1.29, 1.82) is 0 Å². The Morgan fingerprint density at radius 2 is 2.04 bits per heavy atom. The van der Waals surface area contributed by atoms with Gasteiger partial charge in [0.05, 0.1) is 11.6 Å². The molecule has 2 aromatic heterocycles.